The second-order valence-electron chi connectivity index (χ2n) is 6.64. The van der Waals surface area contributed by atoms with Crippen LogP contribution in [0.5, 0.6) is 0 Å². The number of β-amino-alcohol motifs (C(OH)–C–C–N with tert-alkyl or cyclic N) is 1. The summed E-state index contributed by atoms with van der Waals surface area (Å²) in [5.41, 5.74) is 1.35. The number of nitrogens with zero attached hydrogens (tertiary/aromatic N) is 2. The maximum Gasteiger partial charge on any atom is 0.310 e. The highest BCUT2D eigenvalue weighted by atomic mass is 16.5. The van der Waals surface area contributed by atoms with E-state index in [0.717, 1.165) is 13.1 Å². The van der Waals surface area contributed by atoms with Crippen molar-refractivity contribution in [3.05, 3.63) is 29.8 Å². The van der Waals surface area contributed by atoms with Crippen molar-refractivity contribution >= 4 is 23.4 Å². The van der Waals surface area contributed by atoms with E-state index in [4.69, 9.17) is 4.74 Å². The van der Waals surface area contributed by atoms with Gasteiger partial charge in [-0.2, -0.15) is 0 Å². The van der Waals surface area contributed by atoms with E-state index in [1.54, 1.807) is 31.3 Å². The highest BCUT2D eigenvalue weighted by Crippen LogP contribution is 2.34. The van der Waals surface area contributed by atoms with Crippen molar-refractivity contribution in [1.82, 2.24) is 15.5 Å². The molecule has 3 N–H and O–H groups in total. The van der Waals surface area contributed by atoms with Crippen molar-refractivity contribution in [2.24, 2.45) is 0 Å². The normalized spacial score (nSPS) is 20.9. The number of hydrogen-bond donors (Lipinski definition) is 3. The number of likely N-dealkylation sites (N-methyl/N-ethyl adjacent to an activating group) is 1. The fraction of sp³-hybridized carbons (Fsp3) is 0.500. The Morgan fingerprint density at radius 1 is 1.26 bits per heavy atom. The Bertz CT molecular complexity index is 719. The Labute approximate surface area is 157 Å². The predicted octanol–water partition coefficient (Wildman–Crippen LogP) is -1.37. The van der Waals surface area contributed by atoms with Gasteiger partial charge in [0.05, 0.1) is 19.3 Å². The van der Waals surface area contributed by atoms with Crippen molar-refractivity contribution in [1.29, 1.82) is 0 Å². The third-order valence-corrected chi connectivity index (χ3v) is 4.74. The van der Waals surface area contributed by atoms with Crippen LogP contribution in [0.2, 0.25) is 0 Å². The Morgan fingerprint density at radius 2 is 1.96 bits per heavy atom. The van der Waals surface area contributed by atoms with E-state index in [2.05, 4.69) is 10.6 Å². The van der Waals surface area contributed by atoms with Crippen molar-refractivity contribution in [2.45, 2.75) is 12.1 Å². The third-order valence-electron chi connectivity index (χ3n) is 4.74. The maximum atomic E-state index is 12.3. The number of hydrogen-bond acceptors (Lipinski definition) is 6. The molecule has 27 heavy (non-hydrogen) atoms. The van der Waals surface area contributed by atoms with Gasteiger partial charge in [0.25, 0.3) is 5.91 Å². The number of aliphatic hydroxyl groups is 1. The summed E-state index contributed by atoms with van der Waals surface area (Å²) in [5.74, 6) is -2.09. The van der Waals surface area contributed by atoms with Gasteiger partial charge in [0, 0.05) is 44.5 Å². The number of ether oxygens (including phenoxy) is 1. The molecule has 1 fully saturated rings. The van der Waals surface area contributed by atoms with Gasteiger partial charge in [0.15, 0.2) is 0 Å². The molecule has 2 aliphatic rings. The van der Waals surface area contributed by atoms with Crippen LogP contribution in [0.3, 0.4) is 0 Å². The zero-order chi connectivity index (χ0) is 19.4. The van der Waals surface area contributed by atoms with Gasteiger partial charge in [-0.15, -0.1) is 0 Å². The first-order valence-electron chi connectivity index (χ1n) is 8.90. The minimum absolute atomic E-state index is 0.0429. The smallest absolute Gasteiger partial charge is 0.310 e. The Kier molecular flexibility index (Phi) is 6.04. The molecule has 0 spiro atoms. The molecular formula is C18H24N4O5. The van der Waals surface area contributed by atoms with Gasteiger partial charge in [-0.25, -0.2) is 0 Å². The molecule has 2 atom stereocenters. The second-order valence-corrected chi connectivity index (χ2v) is 6.64. The average molecular weight is 376 g/mol. The molecule has 3 amide bonds. The van der Waals surface area contributed by atoms with E-state index in [0.29, 0.717) is 31.0 Å². The lowest BCUT2D eigenvalue weighted by atomic mass is 10.1. The summed E-state index contributed by atoms with van der Waals surface area (Å²) in [6.07, 6.45) is -0.792. The van der Waals surface area contributed by atoms with E-state index < -0.39 is 24.0 Å². The lowest BCUT2D eigenvalue weighted by Gasteiger charge is -2.28. The molecule has 2 aliphatic heterocycles. The number of para-hydroxylation sites is 1. The number of carbonyl (C=O) groups excluding carboxylic acids is 3. The molecule has 1 saturated heterocycles. The molecule has 146 valence electrons. The molecule has 0 aromatic heterocycles. The highest BCUT2D eigenvalue weighted by molar-refractivity contribution is 6.35. The topological polar surface area (TPSA) is 111 Å². The molecule has 3 rings (SSSR count). The highest BCUT2D eigenvalue weighted by Gasteiger charge is 2.36. The predicted molar refractivity (Wildman–Crippen MR) is 97.0 cm³/mol. The fourth-order valence-corrected chi connectivity index (χ4v) is 3.26. The first kappa shape index (κ1) is 19.3. The van der Waals surface area contributed by atoms with Crippen molar-refractivity contribution in [3.8, 4) is 0 Å². The summed E-state index contributed by atoms with van der Waals surface area (Å²) in [6.45, 7) is 3.04. The summed E-state index contributed by atoms with van der Waals surface area (Å²) < 4.78 is 5.24. The van der Waals surface area contributed by atoms with E-state index in [1.807, 2.05) is 4.90 Å². The monoisotopic (exact) mass is 376 g/mol. The van der Waals surface area contributed by atoms with Crippen LogP contribution in [0, 0.1) is 0 Å². The fourth-order valence-electron chi connectivity index (χ4n) is 3.26. The van der Waals surface area contributed by atoms with Crippen LogP contribution in [0.15, 0.2) is 24.3 Å². The first-order valence-corrected chi connectivity index (χ1v) is 8.90. The Hall–Kier alpha value is -2.49. The molecule has 0 aliphatic carbocycles. The van der Waals surface area contributed by atoms with Gasteiger partial charge < -0.3 is 25.4 Å². The molecule has 0 radical (unpaired) electrons. The summed E-state index contributed by atoms with van der Waals surface area (Å²) in [7, 11) is 1.62. The van der Waals surface area contributed by atoms with Crippen LogP contribution in [-0.2, 0) is 19.1 Å². The van der Waals surface area contributed by atoms with E-state index in [1.165, 1.54) is 4.90 Å². The van der Waals surface area contributed by atoms with Crippen molar-refractivity contribution < 1.29 is 24.2 Å². The molecule has 0 saturated carbocycles. The number of rotatable bonds is 5. The largest absolute Gasteiger partial charge is 0.390 e. The number of morpholine rings is 1. The lowest BCUT2D eigenvalue weighted by Crippen LogP contribution is -2.48. The van der Waals surface area contributed by atoms with Gasteiger partial charge in [-0.05, 0) is 6.07 Å². The van der Waals surface area contributed by atoms with Crippen LogP contribution in [-0.4, -0.2) is 80.3 Å². The van der Waals surface area contributed by atoms with Gasteiger partial charge in [0.2, 0.25) is 0 Å². The van der Waals surface area contributed by atoms with Gasteiger partial charge in [0.1, 0.15) is 6.04 Å². The van der Waals surface area contributed by atoms with Gasteiger partial charge in [-0.1, -0.05) is 18.2 Å². The third kappa shape index (κ3) is 4.44. The number of carbonyl (C=O) groups is 3. The summed E-state index contributed by atoms with van der Waals surface area (Å²) in [6, 6.07) is 6.21. The van der Waals surface area contributed by atoms with Crippen molar-refractivity contribution in [2.75, 3.05) is 51.3 Å². The van der Waals surface area contributed by atoms with Crippen LogP contribution in [0.1, 0.15) is 11.6 Å². The minimum Gasteiger partial charge on any atom is -0.390 e. The van der Waals surface area contributed by atoms with E-state index >= 15 is 0 Å². The number of nitrogens with one attached hydrogen (secondary N) is 2. The zero-order valence-electron chi connectivity index (χ0n) is 15.2. The molecule has 1 aromatic rings. The van der Waals surface area contributed by atoms with Gasteiger partial charge in [-0.3, -0.25) is 19.3 Å². The van der Waals surface area contributed by atoms with Crippen LogP contribution >= 0.6 is 0 Å². The summed E-state index contributed by atoms with van der Waals surface area (Å²) in [5, 5.41) is 14.9. The molecule has 9 nitrogen and oxygen atoms in total. The van der Waals surface area contributed by atoms with E-state index in [9.17, 15) is 19.5 Å². The Morgan fingerprint density at radius 3 is 2.70 bits per heavy atom. The zero-order valence-corrected chi connectivity index (χ0v) is 15.2. The maximum absolute atomic E-state index is 12.3. The second kappa shape index (κ2) is 8.47. The summed E-state index contributed by atoms with van der Waals surface area (Å²) in [4.78, 5) is 40.0. The molecular weight excluding hydrogens is 352 g/mol. The van der Waals surface area contributed by atoms with Gasteiger partial charge >= 0.3 is 11.8 Å². The van der Waals surface area contributed by atoms with Crippen molar-refractivity contribution in [3.63, 3.8) is 0 Å². The molecule has 9 heteroatoms. The average Bonchev–Trinajstić information content (AvgIpc) is 2.92. The standard InChI is InChI=1S/C18H24N4O5/c1-21-14-5-3-2-4-13(14)15(18(21)26)20-17(25)16(24)19-10-12(23)11-22-6-8-27-9-7-22/h2-5,12,15,23H,6-11H2,1H3,(H,19,24)(H,20,25)/t12-,15-/m1/s1. The Balaban J connectivity index is 1.49. The quantitative estimate of drug-likeness (QED) is 0.547. The molecule has 2 heterocycles. The number of fused-ring (bicyclic) bond motifs is 1. The SMILES string of the molecule is CN1C(=O)[C@H](NC(=O)C(=O)NC[C@@H](O)CN2CCOCC2)c2ccccc21. The summed E-state index contributed by atoms with van der Waals surface area (Å²) >= 11 is 0. The first-order chi connectivity index (χ1) is 13.0. The minimum atomic E-state index is -0.906. The van der Waals surface area contributed by atoms with Crippen LogP contribution < -0.4 is 15.5 Å². The number of amides is 3. The molecule has 1 aromatic carbocycles. The molecule has 0 unspecified atom stereocenters. The number of benzene rings is 1. The number of aliphatic hydroxyl groups excluding tert-OH is 1. The molecule has 0 bridgehead atoms. The van der Waals surface area contributed by atoms with Crippen LogP contribution in [0.4, 0.5) is 5.69 Å². The van der Waals surface area contributed by atoms with E-state index in [-0.39, 0.29) is 12.5 Å². The van der Waals surface area contributed by atoms with Crippen LogP contribution in [0.25, 0.3) is 0 Å². The lowest BCUT2D eigenvalue weighted by molar-refractivity contribution is -0.140. The number of anilines is 1.